The fourth-order valence-corrected chi connectivity index (χ4v) is 2.62. The summed E-state index contributed by atoms with van der Waals surface area (Å²) in [5.41, 5.74) is 2.97. The highest BCUT2D eigenvalue weighted by Gasteiger charge is 2.11. The van der Waals surface area contributed by atoms with E-state index in [0.717, 1.165) is 27.6 Å². The van der Waals surface area contributed by atoms with E-state index in [1.165, 1.54) is 0 Å². The lowest BCUT2D eigenvalue weighted by molar-refractivity contribution is -0.142. The number of aromatic nitrogens is 1. The summed E-state index contributed by atoms with van der Waals surface area (Å²) in [5.74, 6) is -0.201. The molecular formula is C19H17NO2. The summed E-state index contributed by atoms with van der Waals surface area (Å²) in [7, 11) is 0. The monoisotopic (exact) mass is 291 g/mol. The molecule has 3 heteroatoms. The molecule has 0 spiro atoms. The minimum atomic E-state index is -0.201. The average Bonchev–Trinajstić information content (AvgIpc) is 2.56. The van der Waals surface area contributed by atoms with Gasteiger partial charge in [0, 0.05) is 17.1 Å². The second kappa shape index (κ2) is 6.39. The number of hydrogen-bond donors (Lipinski definition) is 0. The molecule has 1 heterocycles. The van der Waals surface area contributed by atoms with Gasteiger partial charge in [0.25, 0.3) is 0 Å². The van der Waals surface area contributed by atoms with E-state index in [4.69, 9.17) is 4.74 Å². The third kappa shape index (κ3) is 2.84. The molecule has 0 unspecified atom stereocenters. The van der Waals surface area contributed by atoms with E-state index < -0.39 is 0 Å². The van der Waals surface area contributed by atoms with E-state index in [1.807, 2.05) is 61.5 Å². The van der Waals surface area contributed by atoms with Crippen molar-refractivity contribution in [2.45, 2.75) is 13.3 Å². The fraction of sp³-hybridized carbons (Fsp3) is 0.158. The standard InChI is InChI=1S/C19H17NO2/c1-2-22-18(21)13-15-9-6-10-17-16(15)11-12-20-19(17)14-7-4-3-5-8-14/h3-12H,2,13H2,1H3. The zero-order valence-electron chi connectivity index (χ0n) is 12.5. The van der Waals surface area contributed by atoms with Gasteiger partial charge in [0.2, 0.25) is 0 Å². The van der Waals surface area contributed by atoms with Crippen molar-refractivity contribution in [2.75, 3.05) is 6.61 Å². The molecule has 3 aromatic rings. The van der Waals surface area contributed by atoms with Gasteiger partial charge >= 0.3 is 5.97 Å². The Morgan fingerprint density at radius 1 is 1.00 bits per heavy atom. The van der Waals surface area contributed by atoms with Gasteiger partial charge in [0.05, 0.1) is 18.7 Å². The minimum Gasteiger partial charge on any atom is -0.466 e. The van der Waals surface area contributed by atoms with E-state index in [1.54, 1.807) is 6.20 Å². The first-order chi connectivity index (χ1) is 10.8. The molecule has 0 radical (unpaired) electrons. The number of nitrogens with zero attached hydrogens (tertiary/aromatic N) is 1. The Hall–Kier alpha value is -2.68. The number of pyridine rings is 1. The zero-order chi connectivity index (χ0) is 15.4. The van der Waals surface area contributed by atoms with E-state index in [2.05, 4.69) is 4.98 Å². The van der Waals surface area contributed by atoms with Crippen molar-refractivity contribution >= 4 is 16.7 Å². The molecule has 0 saturated carbocycles. The van der Waals surface area contributed by atoms with Gasteiger partial charge < -0.3 is 4.74 Å². The Kier molecular flexibility index (Phi) is 4.15. The lowest BCUT2D eigenvalue weighted by atomic mass is 9.99. The third-order valence-electron chi connectivity index (χ3n) is 3.58. The summed E-state index contributed by atoms with van der Waals surface area (Å²) in [5, 5.41) is 2.10. The van der Waals surface area contributed by atoms with Gasteiger partial charge in [0.15, 0.2) is 0 Å². The quantitative estimate of drug-likeness (QED) is 0.682. The molecule has 0 amide bonds. The molecule has 0 saturated heterocycles. The van der Waals surface area contributed by atoms with Crippen LogP contribution < -0.4 is 0 Å². The second-order valence-corrected chi connectivity index (χ2v) is 5.02. The van der Waals surface area contributed by atoms with Crippen molar-refractivity contribution < 1.29 is 9.53 Å². The normalized spacial score (nSPS) is 10.6. The highest BCUT2D eigenvalue weighted by atomic mass is 16.5. The van der Waals surface area contributed by atoms with E-state index in [0.29, 0.717) is 6.61 Å². The Bertz CT molecular complexity index is 797. The first-order valence-electron chi connectivity index (χ1n) is 7.37. The molecule has 2 aromatic carbocycles. The number of esters is 1. The number of fused-ring (bicyclic) bond motifs is 1. The van der Waals surface area contributed by atoms with Crippen molar-refractivity contribution in [3.05, 3.63) is 66.4 Å². The number of hydrogen-bond acceptors (Lipinski definition) is 3. The van der Waals surface area contributed by atoms with Crippen LogP contribution in [0.25, 0.3) is 22.0 Å². The van der Waals surface area contributed by atoms with Gasteiger partial charge in [-0.2, -0.15) is 0 Å². The topological polar surface area (TPSA) is 39.2 Å². The number of ether oxygens (including phenoxy) is 1. The van der Waals surface area contributed by atoms with Gasteiger partial charge in [-0.1, -0.05) is 48.5 Å². The number of benzene rings is 2. The maximum Gasteiger partial charge on any atom is 0.310 e. The minimum absolute atomic E-state index is 0.201. The number of rotatable bonds is 4. The highest BCUT2D eigenvalue weighted by molar-refractivity contribution is 5.97. The molecule has 0 aliphatic rings. The summed E-state index contributed by atoms with van der Waals surface area (Å²) < 4.78 is 5.06. The zero-order valence-corrected chi connectivity index (χ0v) is 12.5. The van der Waals surface area contributed by atoms with E-state index >= 15 is 0 Å². The van der Waals surface area contributed by atoms with Crippen LogP contribution in [0.3, 0.4) is 0 Å². The van der Waals surface area contributed by atoms with Crippen molar-refractivity contribution in [3.8, 4) is 11.3 Å². The summed E-state index contributed by atoms with van der Waals surface area (Å²) >= 11 is 0. The summed E-state index contributed by atoms with van der Waals surface area (Å²) in [4.78, 5) is 16.3. The predicted molar refractivity (Wildman–Crippen MR) is 87.5 cm³/mol. The first-order valence-corrected chi connectivity index (χ1v) is 7.37. The van der Waals surface area contributed by atoms with Crippen LogP contribution in [-0.2, 0) is 16.0 Å². The van der Waals surface area contributed by atoms with Crippen molar-refractivity contribution in [3.63, 3.8) is 0 Å². The van der Waals surface area contributed by atoms with Gasteiger partial charge in [-0.05, 0) is 23.9 Å². The largest absolute Gasteiger partial charge is 0.466 e. The van der Waals surface area contributed by atoms with Crippen LogP contribution in [0, 0.1) is 0 Å². The van der Waals surface area contributed by atoms with Crippen molar-refractivity contribution in [1.82, 2.24) is 4.98 Å². The van der Waals surface area contributed by atoms with E-state index in [9.17, 15) is 4.79 Å². The Balaban J connectivity index is 2.09. The summed E-state index contributed by atoms with van der Waals surface area (Å²) in [6.45, 7) is 2.22. The van der Waals surface area contributed by atoms with Gasteiger partial charge in [-0.3, -0.25) is 9.78 Å². The average molecular weight is 291 g/mol. The van der Waals surface area contributed by atoms with Crippen molar-refractivity contribution in [1.29, 1.82) is 0 Å². The molecule has 110 valence electrons. The molecule has 0 aliphatic heterocycles. The molecule has 0 atom stereocenters. The lowest BCUT2D eigenvalue weighted by Crippen LogP contribution is -2.07. The lowest BCUT2D eigenvalue weighted by Gasteiger charge is -2.10. The SMILES string of the molecule is CCOC(=O)Cc1cccc2c(-c3ccccc3)nccc12. The smallest absolute Gasteiger partial charge is 0.310 e. The summed E-state index contributed by atoms with van der Waals surface area (Å²) in [6.07, 6.45) is 2.07. The molecular weight excluding hydrogens is 274 g/mol. The highest BCUT2D eigenvalue weighted by Crippen LogP contribution is 2.28. The Labute approximate surface area is 129 Å². The molecule has 1 aromatic heterocycles. The first kappa shape index (κ1) is 14.3. The summed E-state index contributed by atoms with van der Waals surface area (Å²) in [6, 6.07) is 18.0. The number of carbonyl (C=O) groups excluding carboxylic acids is 1. The Morgan fingerprint density at radius 3 is 2.59 bits per heavy atom. The van der Waals surface area contributed by atoms with Crippen LogP contribution in [0.4, 0.5) is 0 Å². The molecule has 3 rings (SSSR count). The van der Waals surface area contributed by atoms with Crippen LogP contribution in [0.1, 0.15) is 12.5 Å². The molecule has 0 bridgehead atoms. The van der Waals surface area contributed by atoms with Gasteiger partial charge in [0.1, 0.15) is 0 Å². The molecule has 22 heavy (non-hydrogen) atoms. The maximum absolute atomic E-state index is 11.8. The van der Waals surface area contributed by atoms with Crippen LogP contribution in [0.2, 0.25) is 0 Å². The van der Waals surface area contributed by atoms with Gasteiger partial charge in [-0.15, -0.1) is 0 Å². The van der Waals surface area contributed by atoms with Gasteiger partial charge in [-0.25, -0.2) is 0 Å². The maximum atomic E-state index is 11.8. The third-order valence-corrected chi connectivity index (χ3v) is 3.58. The molecule has 0 aliphatic carbocycles. The van der Waals surface area contributed by atoms with E-state index in [-0.39, 0.29) is 12.4 Å². The molecule has 3 nitrogen and oxygen atoms in total. The van der Waals surface area contributed by atoms with Crippen LogP contribution in [0.5, 0.6) is 0 Å². The second-order valence-electron chi connectivity index (χ2n) is 5.02. The van der Waals surface area contributed by atoms with Crippen LogP contribution >= 0.6 is 0 Å². The van der Waals surface area contributed by atoms with Crippen LogP contribution in [0.15, 0.2) is 60.8 Å². The molecule has 0 N–H and O–H groups in total. The predicted octanol–water partition coefficient (Wildman–Crippen LogP) is 4.01. The van der Waals surface area contributed by atoms with Crippen LogP contribution in [-0.4, -0.2) is 17.6 Å². The fourth-order valence-electron chi connectivity index (χ4n) is 2.62. The van der Waals surface area contributed by atoms with Crippen molar-refractivity contribution in [2.24, 2.45) is 0 Å². The Morgan fingerprint density at radius 2 is 1.82 bits per heavy atom. The molecule has 0 fully saturated rings. The number of carbonyl (C=O) groups is 1.